The SMILES string of the molecule is Cc1ccc(C)n1C(Cc1c[nH]c2ccccc12)C(=O)O. The minimum atomic E-state index is -0.803. The number of benzene rings is 1. The summed E-state index contributed by atoms with van der Waals surface area (Å²) in [5, 5.41) is 10.7. The number of aryl methyl sites for hydroxylation is 2. The quantitative estimate of drug-likeness (QED) is 0.770. The molecule has 2 N–H and O–H groups in total. The van der Waals surface area contributed by atoms with Crippen LogP contribution in [0.4, 0.5) is 0 Å². The summed E-state index contributed by atoms with van der Waals surface area (Å²) in [7, 11) is 0. The van der Waals surface area contributed by atoms with Gasteiger partial charge in [-0.05, 0) is 37.6 Å². The molecule has 0 radical (unpaired) electrons. The number of hydrogen-bond donors (Lipinski definition) is 2. The molecule has 0 spiro atoms. The van der Waals surface area contributed by atoms with Crippen molar-refractivity contribution < 1.29 is 9.90 Å². The fourth-order valence-electron chi connectivity index (χ4n) is 2.97. The minimum absolute atomic E-state index is 0.468. The number of para-hydroxylation sites is 1. The summed E-state index contributed by atoms with van der Waals surface area (Å²) in [5.74, 6) is -0.803. The second kappa shape index (κ2) is 5.13. The molecule has 2 aromatic heterocycles. The van der Waals surface area contributed by atoms with Gasteiger partial charge in [-0.15, -0.1) is 0 Å². The first-order chi connectivity index (χ1) is 10.1. The number of carboxylic acids is 1. The predicted molar refractivity (Wildman–Crippen MR) is 82.6 cm³/mol. The first kappa shape index (κ1) is 13.5. The summed E-state index contributed by atoms with van der Waals surface area (Å²) in [6.07, 6.45) is 2.38. The number of hydrogen-bond acceptors (Lipinski definition) is 1. The Morgan fingerprint density at radius 3 is 2.52 bits per heavy atom. The van der Waals surface area contributed by atoms with Crippen LogP contribution in [-0.4, -0.2) is 20.6 Å². The van der Waals surface area contributed by atoms with E-state index in [1.807, 2.05) is 61.0 Å². The van der Waals surface area contributed by atoms with Crippen LogP contribution in [0.1, 0.15) is 23.0 Å². The summed E-state index contributed by atoms with van der Waals surface area (Å²) in [6.45, 7) is 3.89. The number of carboxylic acid groups (broad SMARTS) is 1. The zero-order chi connectivity index (χ0) is 15.0. The topological polar surface area (TPSA) is 58.0 Å². The molecule has 0 saturated heterocycles. The van der Waals surface area contributed by atoms with Crippen molar-refractivity contribution in [3.05, 3.63) is 59.5 Å². The van der Waals surface area contributed by atoms with Crippen LogP contribution >= 0.6 is 0 Å². The van der Waals surface area contributed by atoms with Crippen molar-refractivity contribution in [1.82, 2.24) is 9.55 Å². The molecule has 1 unspecified atom stereocenters. The molecular weight excluding hydrogens is 264 g/mol. The number of aromatic nitrogens is 2. The minimum Gasteiger partial charge on any atom is -0.480 e. The van der Waals surface area contributed by atoms with Crippen LogP contribution in [0.25, 0.3) is 10.9 Å². The Balaban J connectivity index is 2.02. The van der Waals surface area contributed by atoms with Crippen molar-refractivity contribution in [2.75, 3.05) is 0 Å². The van der Waals surface area contributed by atoms with Gasteiger partial charge in [0, 0.05) is 34.9 Å². The number of rotatable bonds is 4. The number of carbonyl (C=O) groups is 1. The highest BCUT2D eigenvalue weighted by Gasteiger charge is 2.23. The Morgan fingerprint density at radius 2 is 1.86 bits per heavy atom. The van der Waals surface area contributed by atoms with Crippen LogP contribution in [-0.2, 0) is 11.2 Å². The van der Waals surface area contributed by atoms with Gasteiger partial charge in [0.15, 0.2) is 0 Å². The molecule has 0 fully saturated rings. The average molecular weight is 282 g/mol. The monoisotopic (exact) mass is 282 g/mol. The molecule has 0 bridgehead atoms. The van der Waals surface area contributed by atoms with Gasteiger partial charge in [-0.1, -0.05) is 18.2 Å². The van der Waals surface area contributed by atoms with Crippen molar-refractivity contribution in [2.24, 2.45) is 0 Å². The summed E-state index contributed by atoms with van der Waals surface area (Å²) in [5.41, 5.74) is 4.02. The third-order valence-electron chi connectivity index (χ3n) is 4.01. The molecule has 3 aromatic rings. The number of H-pyrrole nitrogens is 1. The van der Waals surface area contributed by atoms with Crippen molar-refractivity contribution in [2.45, 2.75) is 26.3 Å². The van der Waals surface area contributed by atoms with Gasteiger partial charge in [0.05, 0.1) is 0 Å². The molecule has 3 rings (SSSR count). The molecule has 4 nitrogen and oxygen atoms in total. The second-order valence-electron chi connectivity index (χ2n) is 5.40. The number of nitrogens with zero attached hydrogens (tertiary/aromatic N) is 1. The van der Waals surface area contributed by atoms with Gasteiger partial charge < -0.3 is 14.7 Å². The second-order valence-corrected chi connectivity index (χ2v) is 5.40. The van der Waals surface area contributed by atoms with E-state index in [-0.39, 0.29) is 0 Å². The van der Waals surface area contributed by atoms with Crippen LogP contribution in [0, 0.1) is 13.8 Å². The largest absolute Gasteiger partial charge is 0.480 e. The van der Waals surface area contributed by atoms with Gasteiger partial charge in [-0.2, -0.15) is 0 Å². The molecule has 4 heteroatoms. The first-order valence-electron chi connectivity index (χ1n) is 7.00. The van der Waals surface area contributed by atoms with Gasteiger partial charge in [0.2, 0.25) is 0 Å². The van der Waals surface area contributed by atoms with E-state index in [1.54, 1.807) is 0 Å². The molecular formula is C17H18N2O2. The Kier molecular flexibility index (Phi) is 3.29. The maximum absolute atomic E-state index is 11.7. The van der Waals surface area contributed by atoms with Gasteiger partial charge in [-0.3, -0.25) is 0 Å². The number of fused-ring (bicyclic) bond motifs is 1. The average Bonchev–Trinajstić information content (AvgIpc) is 3.01. The van der Waals surface area contributed by atoms with Crippen molar-refractivity contribution in [3.8, 4) is 0 Å². The molecule has 0 saturated carbocycles. The van der Waals surface area contributed by atoms with Gasteiger partial charge in [-0.25, -0.2) is 4.79 Å². The maximum Gasteiger partial charge on any atom is 0.327 e. The van der Waals surface area contributed by atoms with E-state index < -0.39 is 12.0 Å². The standard InChI is InChI=1S/C17H18N2O2/c1-11-7-8-12(2)19(11)16(17(20)21)9-13-10-18-15-6-4-3-5-14(13)15/h3-8,10,16,18H,9H2,1-2H3,(H,20,21). The number of aliphatic carboxylic acids is 1. The molecule has 2 heterocycles. The smallest absolute Gasteiger partial charge is 0.327 e. The predicted octanol–water partition coefficient (Wildman–Crippen LogP) is 3.45. The van der Waals surface area contributed by atoms with E-state index in [0.29, 0.717) is 6.42 Å². The molecule has 108 valence electrons. The lowest BCUT2D eigenvalue weighted by atomic mass is 10.0. The van der Waals surface area contributed by atoms with Crippen molar-refractivity contribution in [1.29, 1.82) is 0 Å². The Hall–Kier alpha value is -2.49. The van der Waals surface area contributed by atoms with E-state index in [2.05, 4.69) is 4.98 Å². The zero-order valence-electron chi connectivity index (χ0n) is 12.1. The number of aromatic amines is 1. The van der Waals surface area contributed by atoms with E-state index >= 15 is 0 Å². The summed E-state index contributed by atoms with van der Waals surface area (Å²) < 4.78 is 1.89. The fraction of sp³-hybridized carbons (Fsp3) is 0.235. The Morgan fingerprint density at radius 1 is 1.19 bits per heavy atom. The molecule has 0 aliphatic rings. The normalized spacial score (nSPS) is 12.7. The summed E-state index contributed by atoms with van der Waals surface area (Å²) in [4.78, 5) is 14.9. The van der Waals surface area contributed by atoms with Gasteiger partial charge in [0.1, 0.15) is 6.04 Å². The molecule has 0 amide bonds. The Bertz CT molecular complexity index is 779. The molecule has 0 aliphatic heterocycles. The lowest BCUT2D eigenvalue weighted by molar-refractivity contribution is -0.141. The van der Waals surface area contributed by atoms with Crippen LogP contribution in [0.2, 0.25) is 0 Å². The third kappa shape index (κ3) is 2.33. The zero-order valence-corrected chi connectivity index (χ0v) is 12.1. The Labute approximate surface area is 123 Å². The first-order valence-corrected chi connectivity index (χ1v) is 7.00. The van der Waals surface area contributed by atoms with E-state index in [1.165, 1.54) is 0 Å². The van der Waals surface area contributed by atoms with Crippen molar-refractivity contribution >= 4 is 16.9 Å². The molecule has 0 aliphatic carbocycles. The third-order valence-corrected chi connectivity index (χ3v) is 4.01. The molecule has 1 atom stereocenters. The van der Waals surface area contributed by atoms with Crippen molar-refractivity contribution in [3.63, 3.8) is 0 Å². The molecule has 21 heavy (non-hydrogen) atoms. The van der Waals surface area contributed by atoms with E-state index in [4.69, 9.17) is 0 Å². The molecule has 1 aromatic carbocycles. The summed E-state index contributed by atoms with van der Waals surface area (Å²) in [6, 6.07) is 11.3. The highest BCUT2D eigenvalue weighted by molar-refractivity contribution is 5.84. The van der Waals surface area contributed by atoms with Gasteiger partial charge in [0.25, 0.3) is 0 Å². The van der Waals surface area contributed by atoms with E-state index in [9.17, 15) is 9.90 Å². The summed E-state index contributed by atoms with van der Waals surface area (Å²) >= 11 is 0. The highest BCUT2D eigenvalue weighted by atomic mass is 16.4. The van der Waals surface area contributed by atoms with Crippen LogP contribution in [0.3, 0.4) is 0 Å². The highest BCUT2D eigenvalue weighted by Crippen LogP contribution is 2.25. The maximum atomic E-state index is 11.7. The fourth-order valence-corrected chi connectivity index (χ4v) is 2.97. The number of nitrogens with one attached hydrogen (secondary N) is 1. The van der Waals surface area contributed by atoms with E-state index in [0.717, 1.165) is 27.9 Å². The van der Waals surface area contributed by atoms with Crippen LogP contribution in [0.5, 0.6) is 0 Å². The van der Waals surface area contributed by atoms with Crippen LogP contribution < -0.4 is 0 Å². The lowest BCUT2D eigenvalue weighted by Crippen LogP contribution is -2.23. The van der Waals surface area contributed by atoms with Crippen LogP contribution in [0.15, 0.2) is 42.6 Å². The van der Waals surface area contributed by atoms with Gasteiger partial charge >= 0.3 is 5.97 Å². The lowest BCUT2D eigenvalue weighted by Gasteiger charge is -2.18.